The number of halogens is 2. The van der Waals surface area contributed by atoms with Crippen molar-refractivity contribution >= 4 is 5.69 Å². The molecule has 2 aromatic carbocycles. The van der Waals surface area contributed by atoms with Gasteiger partial charge in [-0.05, 0) is 31.0 Å². The molecule has 1 heterocycles. The quantitative estimate of drug-likeness (QED) is 0.894. The third kappa shape index (κ3) is 2.11. The van der Waals surface area contributed by atoms with Crippen molar-refractivity contribution < 1.29 is 13.5 Å². The Labute approximate surface area is 116 Å². The lowest BCUT2D eigenvalue weighted by molar-refractivity contribution is 0.407. The Balaban J connectivity index is 2.00. The summed E-state index contributed by atoms with van der Waals surface area (Å²) in [6.07, 6.45) is 0.545. The lowest BCUT2D eigenvalue weighted by Crippen LogP contribution is -2.08. The highest BCUT2D eigenvalue weighted by molar-refractivity contribution is 5.60. The molecule has 0 spiro atoms. The zero-order chi connectivity index (χ0) is 14.3. The molecule has 1 aliphatic rings. The largest absolute Gasteiger partial charge is 0.496 e. The van der Waals surface area contributed by atoms with E-state index in [1.54, 1.807) is 7.11 Å². The summed E-state index contributed by atoms with van der Waals surface area (Å²) in [5.41, 5.74) is 3.12. The molecule has 0 saturated carbocycles. The summed E-state index contributed by atoms with van der Waals surface area (Å²) in [5, 5.41) is 3.13. The van der Waals surface area contributed by atoms with Gasteiger partial charge in [0.15, 0.2) is 0 Å². The molecule has 2 nitrogen and oxygen atoms in total. The Bertz CT molecular complexity index is 670. The van der Waals surface area contributed by atoms with Gasteiger partial charge in [-0.25, -0.2) is 8.78 Å². The van der Waals surface area contributed by atoms with E-state index < -0.39 is 11.6 Å². The number of rotatable bonds is 2. The van der Waals surface area contributed by atoms with E-state index >= 15 is 0 Å². The Morgan fingerprint density at radius 2 is 2.00 bits per heavy atom. The van der Waals surface area contributed by atoms with Gasteiger partial charge in [0.2, 0.25) is 0 Å². The van der Waals surface area contributed by atoms with E-state index in [2.05, 4.69) is 5.32 Å². The third-order valence-corrected chi connectivity index (χ3v) is 3.64. The van der Waals surface area contributed by atoms with E-state index in [9.17, 15) is 8.78 Å². The zero-order valence-electron chi connectivity index (χ0n) is 11.3. The van der Waals surface area contributed by atoms with Gasteiger partial charge in [0.1, 0.15) is 17.4 Å². The van der Waals surface area contributed by atoms with Crippen LogP contribution in [0.25, 0.3) is 0 Å². The number of ether oxygens (including phenoxy) is 1. The van der Waals surface area contributed by atoms with Gasteiger partial charge in [-0.1, -0.05) is 17.7 Å². The van der Waals surface area contributed by atoms with Crippen molar-refractivity contribution in [3.05, 3.63) is 58.7 Å². The fraction of sp³-hybridized carbons (Fsp3) is 0.250. The van der Waals surface area contributed by atoms with E-state index in [0.29, 0.717) is 17.7 Å². The van der Waals surface area contributed by atoms with Crippen LogP contribution in [0.1, 0.15) is 22.7 Å². The van der Waals surface area contributed by atoms with Gasteiger partial charge in [0.05, 0.1) is 18.8 Å². The number of fused-ring (bicyclic) bond motifs is 1. The second-order valence-electron chi connectivity index (χ2n) is 5.07. The highest BCUT2D eigenvalue weighted by atomic mass is 19.1. The number of nitrogens with one attached hydrogen (secondary N) is 1. The summed E-state index contributed by atoms with van der Waals surface area (Å²) in [6.45, 7) is 1.99. The second kappa shape index (κ2) is 4.78. The Hall–Kier alpha value is -2.10. The van der Waals surface area contributed by atoms with Crippen LogP contribution in [-0.4, -0.2) is 7.11 Å². The van der Waals surface area contributed by atoms with E-state index in [-0.39, 0.29) is 6.04 Å². The van der Waals surface area contributed by atoms with E-state index in [1.165, 1.54) is 6.07 Å². The van der Waals surface area contributed by atoms with Crippen molar-refractivity contribution in [3.8, 4) is 5.75 Å². The minimum atomic E-state index is -0.547. The molecular weight excluding hydrogens is 260 g/mol. The van der Waals surface area contributed by atoms with Crippen LogP contribution in [0, 0.1) is 18.6 Å². The average Bonchev–Trinajstić information content (AvgIpc) is 2.82. The maximum atomic E-state index is 13.8. The van der Waals surface area contributed by atoms with Gasteiger partial charge >= 0.3 is 0 Å². The topological polar surface area (TPSA) is 21.3 Å². The lowest BCUT2D eigenvalue weighted by Gasteiger charge is -2.16. The van der Waals surface area contributed by atoms with Crippen LogP contribution in [0.2, 0.25) is 0 Å². The molecule has 0 aliphatic carbocycles. The predicted octanol–water partition coefficient (Wildman–Crippen LogP) is 3.99. The van der Waals surface area contributed by atoms with Crippen LogP contribution in [0.15, 0.2) is 30.3 Å². The number of hydrogen-bond acceptors (Lipinski definition) is 2. The van der Waals surface area contributed by atoms with Crippen LogP contribution in [0.4, 0.5) is 14.5 Å². The first-order valence-electron chi connectivity index (χ1n) is 6.47. The van der Waals surface area contributed by atoms with Crippen molar-refractivity contribution in [1.29, 1.82) is 0 Å². The van der Waals surface area contributed by atoms with Gasteiger partial charge < -0.3 is 10.1 Å². The van der Waals surface area contributed by atoms with E-state index in [4.69, 9.17) is 4.74 Å². The normalized spacial score (nSPS) is 16.7. The van der Waals surface area contributed by atoms with Gasteiger partial charge in [-0.3, -0.25) is 0 Å². The standard InChI is InChI=1S/C16H15F2NO/c1-9-3-4-15(20-2)12(5-9)14-7-10-6-11(17)8-13(18)16(10)19-14/h3-6,8,14,19H,7H2,1-2H3. The van der Waals surface area contributed by atoms with Crippen LogP contribution in [-0.2, 0) is 6.42 Å². The molecule has 0 amide bonds. The highest BCUT2D eigenvalue weighted by Gasteiger charge is 2.27. The minimum Gasteiger partial charge on any atom is -0.496 e. The van der Waals surface area contributed by atoms with E-state index in [1.807, 2.05) is 25.1 Å². The summed E-state index contributed by atoms with van der Waals surface area (Å²) < 4.78 is 32.4. The molecule has 4 heteroatoms. The molecule has 1 atom stereocenters. The molecule has 0 saturated heterocycles. The molecule has 1 aliphatic heterocycles. The van der Waals surface area contributed by atoms with Crippen LogP contribution in [0.5, 0.6) is 5.75 Å². The Morgan fingerprint density at radius 3 is 2.75 bits per heavy atom. The van der Waals surface area contributed by atoms with Crippen molar-refractivity contribution in [2.24, 2.45) is 0 Å². The summed E-state index contributed by atoms with van der Waals surface area (Å²) in [5.74, 6) is -0.337. The third-order valence-electron chi connectivity index (χ3n) is 3.64. The fourth-order valence-electron chi connectivity index (χ4n) is 2.71. The van der Waals surface area contributed by atoms with Gasteiger partial charge in [0.25, 0.3) is 0 Å². The molecule has 104 valence electrons. The fourth-order valence-corrected chi connectivity index (χ4v) is 2.71. The number of hydrogen-bond donors (Lipinski definition) is 1. The Kier molecular flexibility index (Phi) is 3.08. The SMILES string of the molecule is COc1ccc(C)cc1C1Cc2cc(F)cc(F)c2N1. The molecular formula is C16H15F2NO. The van der Waals surface area contributed by atoms with Gasteiger partial charge in [-0.2, -0.15) is 0 Å². The first kappa shape index (κ1) is 12.9. The van der Waals surface area contributed by atoms with Crippen molar-refractivity contribution in [2.45, 2.75) is 19.4 Å². The molecule has 1 N–H and O–H groups in total. The van der Waals surface area contributed by atoms with Crippen molar-refractivity contribution in [2.75, 3.05) is 12.4 Å². The van der Waals surface area contributed by atoms with Gasteiger partial charge in [0, 0.05) is 11.6 Å². The molecule has 1 unspecified atom stereocenters. The molecule has 0 fully saturated rings. The van der Waals surface area contributed by atoms with Crippen LogP contribution < -0.4 is 10.1 Å². The first-order valence-corrected chi connectivity index (χ1v) is 6.47. The van der Waals surface area contributed by atoms with Crippen molar-refractivity contribution in [3.63, 3.8) is 0 Å². The highest BCUT2D eigenvalue weighted by Crippen LogP contribution is 2.39. The minimum absolute atomic E-state index is 0.101. The molecule has 0 aromatic heterocycles. The maximum Gasteiger partial charge on any atom is 0.149 e. The van der Waals surface area contributed by atoms with Crippen LogP contribution in [0.3, 0.4) is 0 Å². The molecule has 3 rings (SSSR count). The summed E-state index contributed by atoms with van der Waals surface area (Å²) in [7, 11) is 1.61. The second-order valence-corrected chi connectivity index (χ2v) is 5.07. The summed E-state index contributed by atoms with van der Waals surface area (Å²) >= 11 is 0. The number of anilines is 1. The predicted molar refractivity (Wildman–Crippen MR) is 74.2 cm³/mol. The molecule has 0 bridgehead atoms. The maximum absolute atomic E-state index is 13.8. The first-order chi connectivity index (χ1) is 9.58. The molecule has 20 heavy (non-hydrogen) atoms. The Morgan fingerprint density at radius 1 is 1.20 bits per heavy atom. The number of aryl methyl sites for hydroxylation is 1. The smallest absolute Gasteiger partial charge is 0.149 e. The van der Waals surface area contributed by atoms with E-state index in [0.717, 1.165) is 22.9 Å². The molecule has 0 radical (unpaired) electrons. The van der Waals surface area contributed by atoms with Crippen LogP contribution >= 0.6 is 0 Å². The van der Waals surface area contributed by atoms with Gasteiger partial charge in [-0.15, -0.1) is 0 Å². The average molecular weight is 275 g/mol. The molecule has 2 aromatic rings. The number of methoxy groups -OCH3 is 1. The zero-order valence-corrected chi connectivity index (χ0v) is 11.3. The summed E-state index contributed by atoms with van der Waals surface area (Å²) in [6, 6.07) is 8.05. The number of benzene rings is 2. The lowest BCUT2D eigenvalue weighted by atomic mass is 10.00. The monoisotopic (exact) mass is 275 g/mol. The summed E-state index contributed by atoms with van der Waals surface area (Å²) in [4.78, 5) is 0. The van der Waals surface area contributed by atoms with Crippen molar-refractivity contribution in [1.82, 2.24) is 0 Å².